The summed E-state index contributed by atoms with van der Waals surface area (Å²) >= 11 is 1.82. The molecule has 1 saturated heterocycles. The molecule has 4 rings (SSSR count). The topological polar surface area (TPSA) is 52.1 Å². The van der Waals surface area contributed by atoms with Crippen LogP contribution in [0.25, 0.3) is 0 Å². The van der Waals surface area contributed by atoms with E-state index >= 15 is 0 Å². The second kappa shape index (κ2) is 10.8. The van der Waals surface area contributed by atoms with Crippen molar-refractivity contribution in [3.8, 4) is 0 Å². The predicted octanol–water partition coefficient (Wildman–Crippen LogP) is 3.25. The van der Waals surface area contributed by atoms with Crippen molar-refractivity contribution in [1.29, 1.82) is 0 Å². The summed E-state index contributed by atoms with van der Waals surface area (Å²) in [4.78, 5) is 10.7. The van der Waals surface area contributed by atoms with Crippen LogP contribution in [0.4, 0.5) is 5.69 Å². The molecule has 1 aromatic heterocycles. The summed E-state index contributed by atoms with van der Waals surface area (Å²) in [5, 5.41) is 9.19. The number of anilines is 1. The molecule has 2 aliphatic heterocycles. The van der Waals surface area contributed by atoms with Gasteiger partial charge in [-0.25, -0.2) is 0 Å². The number of nitrogens with zero attached hydrogens (tertiary/aromatic N) is 3. The van der Waals surface area contributed by atoms with Crippen LogP contribution in [0.1, 0.15) is 23.4 Å². The monoisotopic (exact) mass is 439 g/mol. The lowest BCUT2D eigenvalue weighted by molar-refractivity contribution is -0.0334. The number of ether oxygens (including phenoxy) is 1. The van der Waals surface area contributed by atoms with Crippen molar-refractivity contribution in [2.45, 2.75) is 25.6 Å². The Morgan fingerprint density at radius 3 is 2.84 bits per heavy atom. The number of morpholine rings is 1. The zero-order valence-electron chi connectivity index (χ0n) is 18.5. The van der Waals surface area contributed by atoms with Crippen molar-refractivity contribution in [2.24, 2.45) is 4.99 Å². The summed E-state index contributed by atoms with van der Waals surface area (Å²) in [7, 11) is 1.83. The van der Waals surface area contributed by atoms with E-state index in [0.717, 1.165) is 51.8 Å². The molecule has 6 nitrogen and oxygen atoms in total. The van der Waals surface area contributed by atoms with Crippen LogP contribution in [0.3, 0.4) is 0 Å². The van der Waals surface area contributed by atoms with Gasteiger partial charge >= 0.3 is 0 Å². The smallest absolute Gasteiger partial charge is 0.191 e. The first kappa shape index (κ1) is 21.9. The minimum Gasteiger partial charge on any atom is -0.376 e. The number of hydrogen-bond donors (Lipinski definition) is 2. The highest BCUT2D eigenvalue weighted by atomic mass is 32.1. The SMILES string of the molecule is CN=C(NCc1cccc(N2CC=CC2)c1)NCC(c1cccs1)N1CCOC(C)C1. The fraction of sp³-hybridized carbons (Fsp3) is 0.458. The van der Waals surface area contributed by atoms with Crippen LogP contribution in [0, 0.1) is 0 Å². The third kappa shape index (κ3) is 5.87. The quantitative estimate of drug-likeness (QED) is 0.394. The summed E-state index contributed by atoms with van der Waals surface area (Å²) < 4.78 is 5.75. The summed E-state index contributed by atoms with van der Waals surface area (Å²) in [6, 6.07) is 13.4. The fourth-order valence-corrected chi connectivity index (χ4v) is 5.03. The van der Waals surface area contributed by atoms with Gasteiger partial charge in [0.05, 0.1) is 18.8 Å². The summed E-state index contributed by atoms with van der Waals surface area (Å²) in [5.74, 6) is 0.830. The summed E-state index contributed by atoms with van der Waals surface area (Å²) in [5.41, 5.74) is 2.52. The van der Waals surface area contributed by atoms with Gasteiger partial charge in [0.2, 0.25) is 0 Å². The minimum absolute atomic E-state index is 0.270. The van der Waals surface area contributed by atoms with Gasteiger partial charge in [-0.3, -0.25) is 9.89 Å². The molecule has 3 heterocycles. The standard InChI is InChI=1S/C24H33N5OS/c1-19-18-29(12-13-30-19)22(23-9-6-14-31-23)17-27-24(25-2)26-16-20-7-5-8-21(15-20)28-10-3-4-11-28/h3-9,14-15,19,22H,10-13,16-18H2,1-2H3,(H2,25,26,27). The van der Waals surface area contributed by atoms with Crippen LogP contribution in [0.2, 0.25) is 0 Å². The first-order valence-electron chi connectivity index (χ1n) is 11.1. The lowest BCUT2D eigenvalue weighted by atomic mass is 10.1. The summed E-state index contributed by atoms with van der Waals surface area (Å²) in [6.45, 7) is 8.39. The molecule has 0 bridgehead atoms. The second-order valence-corrected chi connectivity index (χ2v) is 9.04. The van der Waals surface area contributed by atoms with E-state index in [1.165, 1.54) is 16.1 Å². The van der Waals surface area contributed by atoms with Crippen LogP contribution in [0.15, 0.2) is 58.9 Å². The van der Waals surface area contributed by atoms with E-state index in [-0.39, 0.29) is 6.10 Å². The highest BCUT2D eigenvalue weighted by Gasteiger charge is 2.26. The van der Waals surface area contributed by atoms with Gasteiger partial charge in [0.25, 0.3) is 0 Å². The fourth-order valence-electron chi connectivity index (χ4n) is 4.17. The number of hydrogen-bond acceptors (Lipinski definition) is 5. The van der Waals surface area contributed by atoms with E-state index in [1.54, 1.807) is 0 Å². The summed E-state index contributed by atoms with van der Waals surface area (Å²) in [6.07, 6.45) is 4.71. The molecule has 0 amide bonds. The number of guanidine groups is 1. The molecule has 0 radical (unpaired) electrons. The number of benzene rings is 1. The maximum atomic E-state index is 5.75. The van der Waals surface area contributed by atoms with Gasteiger partial charge < -0.3 is 20.3 Å². The minimum atomic E-state index is 0.270. The maximum Gasteiger partial charge on any atom is 0.191 e. The number of nitrogens with one attached hydrogen (secondary N) is 2. The van der Waals surface area contributed by atoms with E-state index < -0.39 is 0 Å². The predicted molar refractivity (Wildman–Crippen MR) is 130 cm³/mol. The van der Waals surface area contributed by atoms with Crippen LogP contribution >= 0.6 is 11.3 Å². The Hall–Kier alpha value is -2.35. The van der Waals surface area contributed by atoms with Gasteiger partial charge in [0.15, 0.2) is 5.96 Å². The Morgan fingerprint density at radius 1 is 1.23 bits per heavy atom. The molecule has 2 atom stereocenters. The van der Waals surface area contributed by atoms with Crippen LogP contribution in [0.5, 0.6) is 0 Å². The molecule has 2 aliphatic rings. The average Bonchev–Trinajstić information content (AvgIpc) is 3.51. The number of rotatable bonds is 7. The van der Waals surface area contributed by atoms with Gasteiger partial charge in [0.1, 0.15) is 0 Å². The molecule has 166 valence electrons. The van der Waals surface area contributed by atoms with E-state index in [0.29, 0.717) is 6.04 Å². The lowest BCUT2D eigenvalue weighted by Crippen LogP contribution is -2.47. The first-order chi connectivity index (χ1) is 15.2. The van der Waals surface area contributed by atoms with Gasteiger partial charge in [-0.05, 0) is 36.1 Å². The Bertz CT molecular complexity index is 874. The Morgan fingerprint density at radius 2 is 2.10 bits per heavy atom. The highest BCUT2D eigenvalue weighted by molar-refractivity contribution is 7.10. The van der Waals surface area contributed by atoms with E-state index in [1.807, 2.05) is 18.4 Å². The zero-order valence-corrected chi connectivity index (χ0v) is 19.3. The number of thiophene rings is 1. The largest absolute Gasteiger partial charge is 0.376 e. The van der Waals surface area contributed by atoms with Gasteiger partial charge in [0, 0.05) is 56.9 Å². The Kier molecular flexibility index (Phi) is 7.61. The van der Waals surface area contributed by atoms with Crippen molar-refractivity contribution >= 4 is 23.0 Å². The average molecular weight is 440 g/mol. The lowest BCUT2D eigenvalue weighted by Gasteiger charge is -2.37. The third-order valence-electron chi connectivity index (χ3n) is 5.83. The molecule has 0 saturated carbocycles. The van der Waals surface area contributed by atoms with Crippen molar-refractivity contribution < 1.29 is 4.74 Å². The van der Waals surface area contributed by atoms with E-state index in [2.05, 4.69) is 86.3 Å². The molecule has 2 unspecified atom stereocenters. The van der Waals surface area contributed by atoms with Crippen molar-refractivity contribution in [1.82, 2.24) is 15.5 Å². The molecule has 0 spiro atoms. The molecule has 0 aliphatic carbocycles. The molecule has 2 aromatic rings. The van der Waals surface area contributed by atoms with E-state index in [4.69, 9.17) is 4.74 Å². The molecule has 1 fully saturated rings. The molecule has 2 N–H and O–H groups in total. The molecule has 31 heavy (non-hydrogen) atoms. The maximum absolute atomic E-state index is 5.75. The Labute approximate surface area is 189 Å². The van der Waals surface area contributed by atoms with E-state index in [9.17, 15) is 0 Å². The van der Waals surface area contributed by atoms with Crippen LogP contribution in [-0.2, 0) is 11.3 Å². The van der Waals surface area contributed by atoms with Crippen molar-refractivity contribution in [3.05, 3.63) is 64.4 Å². The molecule has 1 aromatic carbocycles. The number of aliphatic imine (C=N–C) groups is 1. The van der Waals surface area contributed by atoms with Crippen LogP contribution in [-0.4, -0.2) is 63.3 Å². The molecular formula is C24H33N5OS. The first-order valence-corrected chi connectivity index (χ1v) is 11.9. The third-order valence-corrected chi connectivity index (χ3v) is 6.80. The molecule has 7 heteroatoms. The van der Waals surface area contributed by atoms with Gasteiger partial charge in [-0.1, -0.05) is 30.4 Å². The zero-order chi connectivity index (χ0) is 21.5. The van der Waals surface area contributed by atoms with Gasteiger partial charge in [-0.15, -0.1) is 11.3 Å². The van der Waals surface area contributed by atoms with Crippen molar-refractivity contribution in [2.75, 3.05) is 51.3 Å². The second-order valence-electron chi connectivity index (χ2n) is 8.06. The van der Waals surface area contributed by atoms with Crippen LogP contribution < -0.4 is 15.5 Å². The van der Waals surface area contributed by atoms with Gasteiger partial charge in [-0.2, -0.15) is 0 Å². The normalized spacial score (nSPS) is 20.8. The Balaban J connectivity index is 1.34. The molecular weight excluding hydrogens is 406 g/mol. The highest BCUT2D eigenvalue weighted by Crippen LogP contribution is 2.26. The van der Waals surface area contributed by atoms with Crippen molar-refractivity contribution in [3.63, 3.8) is 0 Å².